The third-order valence-corrected chi connectivity index (χ3v) is 2.18. The Hall–Kier alpha value is -1.86. The highest BCUT2D eigenvalue weighted by molar-refractivity contribution is 5.92. The van der Waals surface area contributed by atoms with E-state index in [9.17, 15) is 4.79 Å². The second-order valence-electron chi connectivity index (χ2n) is 3.11. The normalized spacial score (nSPS) is 9.67. The van der Waals surface area contributed by atoms with Gasteiger partial charge >= 0.3 is 5.97 Å². The number of hydrogen-bond acceptors (Lipinski definition) is 3. The fourth-order valence-electron chi connectivity index (χ4n) is 1.48. The van der Waals surface area contributed by atoms with Gasteiger partial charge in [-0.2, -0.15) is 5.26 Å². The van der Waals surface area contributed by atoms with Crippen LogP contribution < -0.4 is 0 Å². The molecule has 1 rings (SSSR count). The number of rotatable bonds is 3. The van der Waals surface area contributed by atoms with Crippen LogP contribution in [0.2, 0.25) is 0 Å². The number of carboxylic acids is 1. The third kappa shape index (κ3) is 2.14. The van der Waals surface area contributed by atoms with Crippen LogP contribution in [0.1, 0.15) is 34.0 Å². The predicted molar refractivity (Wildman–Crippen MR) is 53.4 cm³/mol. The number of benzene rings is 1. The van der Waals surface area contributed by atoms with Crippen molar-refractivity contribution >= 4 is 5.97 Å². The number of aryl methyl sites for hydroxylation is 1. The van der Waals surface area contributed by atoms with Gasteiger partial charge in [-0.05, 0) is 23.6 Å². The molecule has 0 heterocycles. The van der Waals surface area contributed by atoms with E-state index in [2.05, 4.69) is 0 Å². The van der Waals surface area contributed by atoms with Gasteiger partial charge < -0.3 is 10.2 Å². The lowest BCUT2D eigenvalue weighted by molar-refractivity contribution is 0.0695. The van der Waals surface area contributed by atoms with E-state index in [4.69, 9.17) is 15.5 Å². The van der Waals surface area contributed by atoms with Crippen LogP contribution in [0.5, 0.6) is 0 Å². The largest absolute Gasteiger partial charge is 0.478 e. The average molecular weight is 205 g/mol. The van der Waals surface area contributed by atoms with Crippen molar-refractivity contribution < 1.29 is 15.0 Å². The zero-order valence-electron chi connectivity index (χ0n) is 8.32. The van der Waals surface area contributed by atoms with Crippen molar-refractivity contribution in [3.8, 4) is 6.07 Å². The fourth-order valence-corrected chi connectivity index (χ4v) is 1.48. The van der Waals surface area contributed by atoms with Crippen LogP contribution in [0.15, 0.2) is 12.1 Å². The quantitative estimate of drug-likeness (QED) is 0.779. The Kier molecular flexibility index (Phi) is 3.42. The van der Waals surface area contributed by atoms with E-state index in [1.165, 1.54) is 6.07 Å². The van der Waals surface area contributed by atoms with Gasteiger partial charge in [0.2, 0.25) is 0 Å². The van der Waals surface area contributed by atoms with E-state index in [-0.39, 0.29) is 17.7 Å². The molecule has 0 aliphatic carbocycles. The molecule has 0 atom stereocenters. The SMILES string of the molecule is CCc1cc(CO)cc(C#N)c1C(=O)O. The summed E-state index contributed by atoms with van der Waals surface area (Å²) in [7, 11) is 0. The first-order valence-electron chi connectivity index (χ1n) is 4.54. The molecule has 0 amide bonds. The predicted octanol–water partition coefficient (Wildman–Crippen LogP) is 1.31. The minimum atomic E-state index is -1.10. The lowest BCUT2D eigenvalue weighted by atomic mass is 9.97. The molecule has 1 aromatic rings. The van der Waals surface area contributed by atoms with Crippen LogP contribution in [0, 0.1) is 11.3 Å². The Morgan fingerprint density at radius 2 is 2.20 bits per heavy atom. The van der Waals surface area contributed by atoms with Crippen LogP contribution in [0.3, 0.4) is 0 Å². The number of nitriles is 1. The van der Waals surface area contributed by atoms with Crippen molar-refractivity contribution in [2.24, 2.45) is 0 Å². The highest BCUT2D eigenvalue weighted by Crippen LogP contribution is 2.18. The van der Waals surface area contributed by atoms with Gasteiger partial charge in [0.25, 0.3) is 0 Å². The van der Waals surface area contributed by atoms with Crippen molar-refractivity contribution in [2.75, 3.05) is 0 Å². The minimum Gasteiger partial charge on any atom is -0.478 e. The zero-order valence-corrected chi connectivity index (χ0v) is 8.32. The maximum Gasteiger partial charge on any atom is 0.337 e. The van der Waals surface area contributed by atoms with Gasteiger partial charge in [-0.15, -0.1) is 0 Å². The maximum absolute atomic E-state index is 10.9. The number of nitrogens with zero attached hydrogens (tertiary/aromatic N) is 1. The molecule has 78 valence electrons. The van der Waals surface area contributed by atoms with Crippen molar-refractivity contribution in [3.05, 3.63) is 34.4 Å². The molecule has 0 spiro atoms. The molecule has 15 heavy (non-hydrogen) atoms. The molecule has 2 N–H and O–H groups in total. The van der Waals surface area contributed by atoms with Crippen LogP contribution >= 0.6 is 0 Å². The lowest BCUT2D eigenvalue weighted by Gasteiger charge is -2.07. The monoisotopic (exact) mass is 205 g/mol. The third-order valence-electron chi connectivity index (χ3n) is 2.18. The van der Waals surface area contributed by atoms with Gasteiger partial charge in [0.05, 0.1) is 17.7 Å². The molecule has 0 fully saturated rings. The van der Waals surface area contributed by atoms with Crippen LogP contribution in [-0.2, 0) is 13.0 Å². The van der Waals surface area contributed by atoms with Gasteiger partial charge in [0.1, 0.15) is 6.07 Å². The fraction of sp³-hybridized carbons (Fsp3) is 0.273. The standard InChI is InChI=1S/C11H11NO3/c1-2-8-3-7(6-13)4-9(5-12)10(8)11(14)15/h3-4,13H,2,6H2,1H3,(H,14,15). The molecule has 0 saturated heterocycles. The molecule has 0 bridgehead atoms. The van der Waals surface area contributed by atoms with E-state index >= 15 is 0 Å². The topological polar surface area (TPSA) is 81.3 Å². The van der Waals surface area contributed by atoms with Crippen LogP contribution in [-0.4, -0.2) is 16.2 Å². The molecule has 0 aliphatic rings. The van der Waals surface area contributed by atoms with Crippen LogP contribution in [0.4, 0.5) is 0 Å². The molecule has 0 saturated carbocycles. The highest BCUT2D eigenvalue weighted by atomic mass is 16.4. The lowest BCUT2D eigenvalue weighted by Crippen LogP contribution is -2.06. The number of hydrogen-bond donors (Lipinski definition) is 2. The van der Waals surface area contributed by atoms with Crippen molar-refractivity contribution in [1.82, 2.24) is 0 Å². The van der Waals surface area contributed by atoms with E-state index in [0.717, 1.165) is 0 Å². The summed E-state index contributed by atoms with van der Waals surface area (Å²) in [4.78, 5) is 10.9. The zero-order chi connectivity index (χ0) is 11.4. The van der Waals surface area contributed by atoms with Gasteiger partial charge in [0.15, 0.2) is 0 Å². The first-order valence-corrected chi connectivity index (χ1v) is 4.54. The number of aliphatic hydroxyl groups is 1. The summed E-state index contributed by atoms with van der Waals surface area (Å²) in [5, 5.41) is 26.7. The van der Waals surface area contributed by atoms with Gasteiger partial charge in [-0.25, -0.2) is 4.79 Å². The molecule has 4 nitrogen and oxygen atoms in total. The van der Waals surface area contributed by atoms with Crippen molar-refractivity contribution in [3.63, 3.8) is 0 Å². The number of aromatic carboxylic acids is 1. The first-order chi connectivity index (χ1) is 7.13. The van der Waals surface area contributed by atoms with E-state index in [1.807, 2.05) is 13.0 Å². The Morgan fingerprint density at radius 1 is 1.53 bits per heavy atom. The molecule has 0 radical (unpaired) electrons. The van der Waals surface area contributed by atoms with Gasteiger partial charge in [-0.3, -0.25) is 0 Å². The average Bonchev–Trinajstić information content (AvgIpc) is 2.26. The first kappa shape index (κ1) is 11.2. The second-order valence-corrected chi connectivity index (χ2v) is 3.11. The summed E-state index contributed by atoms with van der Waals surface area (Å²) in [5.41, 5.74) is 1.28. The number of carboxylic acid groups (broad SMARTS) is 1. The minimum absolute atomic E-state index is 0.0391. The molecule has 4 heteroatoms. The Bertz CT molecular complexity index is 432. The van der Waals surface area contributed by atoms with Crippen molar-refractivity contribution in [1.29, 1.82) is 5.26 Å². The molecular formula is C11H11NO3. The summed E-state index contributed by atoms with van der Waals surface area (Å²) in [6.45, 7) is 1.62. The Labute approximate surface area is 87.4 Å². The van der Waals surface area contributed by atoms with E-state index < -0.39 is 5.97 Å². The molecule has 0 aliphatic heterocycles. The molecule has 0 unspecified atom stereocenters. The van der Waals surface area contributed by atoms with Gasteiger partial charge in [0, 0.05) is 0 Å². The summed E-state index contributed by atoms with van der Waals surface area (Å²) in [6.07, 6.45) is 0.518. The van der Waals surface area contributed by atoms with Crippen LogP contribution in [0.25, 0.3) is 0 Å². The van der Waals surface area contributed by atoms with Gasteiger partial charge in [-0.1, -0.05) is 13.0 Å². The summed E-state index contributed by atoms with van der Waals surface area (Å²) < 4.78 is 0. The summed E-state index contributed by atoms with van der Waals surface area (Å²) in [6, 6.07) is 4.86. The summed E-state index contributed by atoms with van der Waals surface area (Å²) in [5.74, 6) is -1.10. The number of aliphatic hydroxyl groups excluding tert-OH is 1. The van der Waals surface area contributed by atoms with Crippen molar-refractivity contribution in [2.45, 2.75) is 20.0 Å². The summed E-state index contributed by atoms with van der Waals surface area (Å²) >= 11 is 0. The van der Waals surface area contributed by atoms with E-state index in [0.29, 0.717) is 17.5 Å². The molecule has 1 aromatic carbocycles. The molecular weight excluding hydrogens is 194 g/mol. The molecule has 0 aromatic heterocycles. The highest BCUT2D eigenvalue weighted by Gasteiger charge is 2.15. The number of carbonyl (C=O) groups is 1. The van der Waals surface area contributed by atoms with E-state index in [1.54, 1.807) is 6.07 Å². The maximum atomic E-state index is 10.9. The Balaban J connectivity index is 3.48. The smallest absolute Gasteiger partial charge is 0.337 e. The second kappa shape index (κ2) is 4.58. The Morgan fingerprint density at radius 3 is 2.60 bits per heavy atom.